The van der Waals surface area contributed by atoms with E-state index >= 15 is 0 Å². The molecular weight excluding hydrogens is 297 g/mol. The van der Waals surface area contributed by atoms with Gasteiger partial charge in [0, 0.05) is 24.9 Å². The second-order valence-corrected chi connectivity index (χ2v) is 5.16. The molecule has 2 aromatic carbocycles. The van der Waals surface area contributed by atoms with Gasteiger partial charge in [-0.25, -0.2) is 4.39 Å². The third-order valence-electron chi connectivity index (χ3n) is 3.45. The minimum Gasteiger partial charge on any atom is -0.508 e. The van der Waals surface area contributed by atoms with Crippen molar-refractivity contribution in [3.05, 3.63) is 65.5 Å². The van der Waals surface area contributed by atoms with Crippen molar-refractivity contribution in [2.24, 2.45) is 0 Å². The van der Waals surface area contributed by atoms with E-state index in [2.05, 4.69) is 5.32 Å². The van der Waals surface area contributed by atoms with Crippen LogP contribution in [0.1, 0.15) is 28.8 Å². The number of hydrogen-bond donors (Lipinski definition) is 2. The molecule has 0 aliphatic carbocycles. The first-order valence-corrected chi connectivity index (χ1v) is 7.38. The zero-order chi connectivity index (χ0) is 16.7. The molecule has 0 aliphatic rings. The van der Waals surface area contributed by atoms with Crippen LogP contribution in [0.25, 0.3) is 0 Å². The molecule has 0 spiro atoms. The van der Waals surface area contributed by atoms with Crippen LogP contribution >= 0.6 is 0 Å². The van der Waals surface area contributed by atoms with E-state index in [1.807, 2.05) is 6.07 Å². The van der Waals surface area contributed by atoms with Gasteiger partial charge in [-0.3, -0.25) is 9.59 Å². The van der Waals surface area contributed by atoms with Crippen molar-refractivity contribution in [1.29, 1.82) is 0 Å². The summed E-state index contributed by atoms with van der Waals surface area (Å²) >= 11 is 0. The largest absolute Gasteiger partial charge is 0.508 e. The van der Waals surface area contributed by atoms with Gasteiger partial charge in [0.05, 0.1) is 0 Å². The average molecular weight is 315 g/mol. The molecule has 120 valence electrons. The van der Waals surface area contributed by atoms with Crippen LogP contribution in [0.15, 0.2) is 48.5 Å². The highest BCUT2D eigenvalue weighted by molar-refractivity contribution is 5.97. The second kappa shape index (κ2) is 8.08. The Bertz CT molecular complexity index is 683. The molecule has 0 bridgehead atoms. The Morgan fingerprint density at radius 2 is 1.70 bits per heavy atom. The first-order chi connectivity index (χ1) is 11.1. The maximum atomic E-state index is 12.8. The number of amides is 1. The zero-order valence-electron chi connectivity index (χ0n) is 12.6. The van der Waals surface area contributed by atoms with Crippen molar-refractivity contribution in [2.45, 2.75) is 19.3 Å². The van der Waals surface area contributed by atoms with E-state index in [0.717, 1.165) is 5.56 Å². The van der Waals surface area contributed by atoms with Crippen molar-refractivity contribution in [3.63, 3.8) is 0 Å². The third kappa shape index (κ3) is 5.21. The normalized spacial score (nSPS) is 10.3. The fourth-order valence-corrected chi connectivity index (χ4v) is 2.15. The highest BCUT2D eigenvalue weighted by atomic mass is 19.1. The third-order valence-corrected chi connectivity index (χ3v) is 3.45. The lowest BCUT2D eigenvalue weighted by Crippen LogP contribution is -2.26. The lowest BCUT2D eigenvalue weighted by atomic mass is 10.1. The van der Waals surface area contributed by atoms with Gasteiger partial charge in [-0.1, -0.05) is 18.2 Å². The Balaban J connectivity index is 1.72. The lowest BCUT2D eigenvalue weighted by Gasteiger charge is -2.06. The average Bonchev–Trinajstić information content (AvgIpc) is 2.55. The quantitative estimate of drug-likeness (QED) is 0.772. The van der Waals surface area contributed by atoms with Gasteiger partial charge < -0.3 is 10.4 Å². The van der Waals surface area contributed by atoms with Gasteiger partial charge in [-0.15, -0.1) is 0 Å². The summed E-state index contributed by atoms with van der Waals surface area (Å²) in [5, 5.41) is 12.3. The van der Waals surface area contributed by atoms with Gasteiger partial charge in [0.15, 0.2) is 5.78 Å². The van der Waals surface area contributed by atoms with Crippen LogP contribution in [-0.4, -0.2) is 23.3 Å². The maximum absolute atomic E-state index is 12.8. The molecule has 0 saturated carbocycles. The Hall–Kier alpha value is -2.69. The van der Waals surface area contributed by atoms with Crippen LogP contribution in [0.4, 0.5) is 4.39 Å². The Labute approximate surface area is 134 Å². The summed E-state index contributed by atoms with van der Waals surface area (Å²) < 4.78 is 12.8. The van der Waals surface area contributed by atoms with Crippen molar-refractivity contribution in [3.8, 4) is 5.75 Å². The molecule has 0 heterocycles. The fraction of sp³-hybridized carbons (Fsp3) is 0.222. The summed E-state index contributed by atoms with van der Waals surface area (Å²) in [6, 6.07) is 12.2. The van der Waals surface area contributed by atoms with Crippen LogP contribution in [0.3, 0.4) is 0 Å². The summed E-state index contributed by atoms with van der Waals surface area (Å²) in [4.78, 5) is 23.6. The number of hydrogen-bond acceptors (Lipinski definition) is 3. The number of nitrogens with one attached hydrogen (secondary N) is 1. The number of phenols is 1. The topological polar surface area (TPSA) is 66.4 Å². The predicted octanol–water partition coefficient (Wildman–Crippen LogP) is 2.85. The number of ketones is 1. The molecule has 2 aromatic rings. The van der Waals surface area contributed by atoms with E-state index in [9.17, 15) is 19.1 Å². The summed E-state index contributed by atoms with van der Waals surface area (Å²) in [7, 11) is 0. The molecule has 0 aliphatic heterocycles. The monoisotopic (exact) mass is 315 g/mol. The SMILES string of the molecule is O=C(CCC(=O)c1ccc(F)cc1)NCCc1ccccc1O. The van der Waals surface area contributed by atoms with Gasteiger partial charge in [0.2, 0.25) is 5.91 Å². The number of para-hydroxylation sites is 1. The number of Topliss-reactive ketones (excluding diaryl/α,β-unsaturated/α-hetero) is 1. The molecular formula is C18H18FNO3. The van der Waals surface area contributed by atoms with E-state index in [1.165, 1.54) is 24.3 Å². The maximum Gasteiger partial charge on any atom is 0.220 e. The molecule has 0 radical (unpaired) electrons. The molecule has 2 rings (SSSR count). The molecule has 0 fully saturated rings. The number of phenolic OH excluding ortho intramolecular Hbond substituents is 1. The Kier molecular flexibility index (Phi) is 5.86. The molecule has 2 N–H and O–H groups in total. The standard InChI is InChI=1S/C18H18FNO3/c19-15-7-5-14(6-8-15)17(22)9-10-18(23)20-12-11-13-3-1-2-4-16(13)21/h1-8,21H,9-12H2,(H,20,23). The minimum absolute atomic E-state index is 0.0774. The molecule has 0 saturated heterocycles. The number of benzene rings is 2. The van der Waals surface area contributed by atoms with Gasteiger partial charge in [-0.2, -0.15) is 0 Å². The minimum atomic E-state index is -0.400. The van der Waals surface area contributed by atoms with E-state index in [4.69, 9.17) is 0 Å². The molecule has 1 amide bonds. The number of rotatable bonds is 7. The van der Waals surface area contributed by atoms with Crippen LogP contribution in [-0.2, 0) is 11.2 Å². The van der Waals surface area contributed by atoms with Crippen LogP contribution < -0.4 is 5.32 Å². The van der Waals surface area contributed by atoms with Gasteiger partial charge in [-0.05, 0) is 42.3 Å². The molecule has 0 aromatic heterocycles. The van der Waals surface area contributed by atoms with Gasteiger partial charge in [0.25, 0.3) is 0 Å². The highest BCUT2D eigenvalue weighted by Crippen LogP contribution is 2.15. The smallest absolute Gasteiger partial charge is 0.220 e. The fourth-order valence-electron chi connectivity index (χ4n) is 2.15. The number of carbonyl (C=O) groups is 2. The molecule has 5 heteroatoms. The summed E-state index contributed by atoms with van der Waals surface area (Å²) in [5.74, 6) is -0.617. The molecule has 0 unspecified atom stereocenters. The van der Waals surface area contributed by atoms with E-state index in [1.54, 1.807) is 18.2 Å². The molecule has 23 heavy (non-hydrogen) atoms. The van der Waals surface area contributed by atoms with E-state index < -0.39 is 5.82 Å². The zero-order valence-corrected chi connectivity index (χ0v) is 12.6. The summed E-state index contributed by atoms with van der Waals surface area (Å²) in [5.41, 5.74) is 1.16. The number of halogens is 1. The number of carbonyl (C=O) groups excluding carboxylic acids is 2. The van der Waals surface area contributed by atoms with Gasteiger partial charge in [0.1, 0.15) is 11.6 Å². The first-order valence-electron chi connectivity index (χ1n) is 7.38. The summed E-state index contributed by atoms with van der Waals surface area (Å²) in [6.07, 6.45) is 0.676. The Morgan fingerprint density at radius 1 is 1.00 bits per heavy atom. The molecule has 0 atom stereocenters. The second-order valence-electron chi connectivity index (χ2n) is 5.16. The van der Waals surface area contributed by atoms with Crippen LogP contribution in [0, 0.1) is 5.82 Å². The van der Waals surface area contributed by atoms with Gasteiger partial charge >= 0.3 is 0 Å². The predicted molar refractivity (Wildman–Crippen MR) is 84.8 cm³/mol. The van der Waals surface area contributed by atoms with Crippen molar-refractivity contribution in [2.75, 3.05) is 6.54 Å². The first kappa shape index (κ1) is 16.7. The highest BCUT2D eigenvalue weighted by Gasteiger charge is 2.09. The summed E-state index contributed by atoms with van der Waals surface area (Å²) in [6.45, 7) is 0.390. The van der Waals surface area contributed by atoms with E-state index in [0.29, 0.717) is 18.5 Å². The van der Waals surface area contributed by atoms with E-state index in [-0.39, 0.29) is 30.3 Å². The van der Waals surface area contributed by atoms with Crippen LogP contribution in [0.5, 0.6) is 5.75 Å². The van der Waals surface area contributed by atoms with Crippen molar-refractivity contribution >= 4 is 11.7 Å². The van der Waals surface area contributed by atoms with Crippen LogP contribution in [0.2, 0.25) is 0 Å². The Morgan fingerprint density at radius 3 is 2.39 bits per heavy atom. The lowest BCUT2D eigenvalue weighted by molar-refractivity contribution is -0.121. The molecule has 4 nitrogen and oxygen atoms in total. The van der Waals surface area contributed by atoms with Crippen molar-refractivity contribution in [1.82, 2.24) is 5.32 Å². The number of aromatic hydroxyl groups is 1. The van der Waals surface area contributed by atoms with Crippen molar-refractivity contribution < 1.29 is 19.1 Å².